The van der Waals surface area contributed by atoms with E-state index in [1.54, 1.807) is 38.4 Å². The fourth-order valence-corrected chi connectivity index (χ4v) is 2.37. The van der Waals surface area contributed by atoms with E-state index in [0.29, 0.717) is 41.1 Å². The standard InChI is InChI=1S/C18H21ClN4O3/c1-4-20-17-14(12-21-23(17)5-2)18(24)22-15-11-13(19)7-8-16(15)26-10-6-9-25-3/h4-5,7-8,11-12H,2,6,9-10H2,1,3H3,(H,22,24). The van der Waals surface area contributed by atoms with Crippen LogP contribution in [0.1, 0.15) is 23.7 Å². The molecule has 138 valence electrons. The first kappa shape index (κ1) is 19.7. The van der Waals surface area contributed by atoms with Crippen molar-refractivity contribution in [3.8, 4) is 5.75 Å². The monoisotopic (exact) mass is 376 g/mol. The van der Waals surface area contributed by atoms with Crippen molar-refractivity contribution in [2.45, 2.75) is 13.3 Å². The third-order valence-corrected chi connectivity index (χ3v) is 3.61. The topological polar surface area (TPSA) is 77.7 Å². The van der Waals surface area contributed by atoms with Gasteiger partial charge in [-0.25, -0.2) is 9.67 Å². The molecule has 0 aliphatic heterocycles. The van der Waals surface area contributed by atoms with Crippen molar-refractivity contribution < 1.29 is 14.3 Å². The van der Waals surface area contributed by atoms with Crippen molar-refractivity contribution in [1.29, 1.82) is 0 Å². The number of hydrogen-bond acceptors (Lipinski definition) is 5. The van der Waals surface area contributed by atoms with Gasteiger partial charge in [-0.3, -0.25) is 4.79 Å². The summed E-state index contributed by atoms with van der Waals surface area (Å²) in [5, 5.41) is 7.37. The number of ether oxygens (including phenoxy) is 2. The molecule has 0 aliphatic rings. The first-order chi connectivity index (χ1) is 12.6. The summed E-state index contributed by atoms with van der Waals surface area (Å²) in [6.45, 7) is 6.46. The number of aromatic nitrogens is 2. The summed E-state index contributed by atoms with van der Waals surface area (Å²) in [6.07, 6.45) is 5.22. The lowest BCUT2D eigenvalue weighted by molar-refractivity contribution is 0.102. The molecule has 1 heterocycles. The molecule has 0 aliphatic carbocycles. The highest BCUT2D eigenvalue weighted by atomic mass is 35.5. The van der Waals surface area contributed by atoms with E-state index in [9.17, 15) is 4.79 Å². The average molecular weight is 377 g/mol. The second-order valence-electron chi connectivity index (χ2n) is 5.19. The number of aliphatic imine (C=N–C) groups is 1. The highest BCUT2D eigenvalue weighted by molar-refractivity contribution is 6.31. The van der Waals surface area contributed by atoms with Crippen molar-refractivity contribution in [3.05, 3.63) is 41.6 Å². The molecule has 2 aromatic rings. The van der Waals surface area contributed by atoms with Crippen LogP contribution < -0.4 is 10.1 Å². The fraction of sp³-hybridized carbons (Fsp3) is 0.278. The zero-order chi connectivity index (χ0) is 18.9. The summed E-state index contributed by atoms with van der Waals surface area (Å²) >= 11 is 6.06. The normalized spacial score (nSPS) is 10.9. The molecule has 0 saturated carbocycles. The van der Waals surface area contributed by atoms with Gasteiger partial charge >= 0.3 is 0 Å². The summed E-state index contributed by atoms with van der Waals surface area (Å²) < 4.78 is 12.1. The van der Waals surface area contributed by atoms with Crippen molar-refractivity contribution >= 4 is 41.4 Å². The second kappa shape index (κ2) is 9.74. The number of hydrogen-bond donors (Lipinski definition) is 1. The van der Waals surface area contributed by atoms with Crippen molar-refractivity contribution in [2.24, 2.45) is 4.99 Å². The number of halogens is 1. The van der Waals surface area contributed by atoms with E-state index in [0.717, 1.165) is 6.42 Å². The average Bonchev–Trinajstić information content (AvgIpc) is 3.03. The van der Waals surface area contributed by atoms with E-state index < -0.39 is 0 Å². The minimum absolute atomic E-state index is 0.313. The number of carbonyl (C=O) groups excluding carboxylic acids is 1. The zero-order valence-corrected chi connectivity index (χ0v) is 15.5. The Morgan fingerprint density at radius 3 is 2.96 bits per heavy atom. The Bertz CT molecular complexity index is 802. The molecule has 0 bridgehead atoms. The largest absolute Gasteiger partial charge is 0.491 e. The van der Waals surface area contributed by atoms with Gasteiger partial charge in [0.05, 0.1) is 18.5 Å². The van der Waals surface area contributed by atoms with E-state index in [1.807, 2.05) is 0 Å². The van der Waals surface area contributed by atoms with Gasteiger partial charge in [0.1, 0.15) is 11.3 Å². The summed E-state index contributed by atoms with van der Waals surface area (Å²) in [7, 11) is 1.63. The van der Waals surface area contributed by atoms with Gasteiger partial charge in [0.2, 0.25) is 0 Å². The van der Waals surface area contributed by atoms with Crippen molar-refractivity contribution in [3.63, 3.8) is 0 Å². The molecule has 1 amide bonds. The first-order valence-corrected chi connectivity index (χ1v) is 8.39. The molecule has 26 heavy (non-hydrogen) atoms. The van der Waals surface area contributed by atoms with Gasteiger partial charge in [-0.05, 0) is 25.1 Å². The van der Waals surface area contributed by atoms with E-state index in [1.165, 1.54) is 17.1 Å². The van der Waals surface area contributed by atoms with Gasteiger partial charge in [-0.1, -0.05) is 18.2 Å². The molecule has 0 spiro atoms. The Labute approximate surface area is 157 Å². The number of nitrogens with zero attached hydrogens (tertiary/aromatic N) is 3. The van der Waals surface area contributed by atoms with E-state index in [4.69, 9.17) is 21.1 Å². The molecule has 0 saturated heterocycles. The third-order valence-electron chi connectivity index (χ3n) is 3.38. The Balaban J connectivity index is 2.22. The van der Waals surface area contributed by atoms with Crippen LogP contribution in [0.2, 0.25) is 5.02 Å². The van der Waals surface area contributed by atoms with Crippen LogP contribution in [0.4, 0.5) is 11.5 Å². The summed E-state index contributed by atoms with van der Waals surface area (Å²) in [4.78, 5) is 16.9. The maximum absolute atomic E-state index is 12.7. The Kier molecular flexibility index (Phi) is 7.37. The molecule has 7 nitrogen and oxygen atoms in total. The molecule has 8 heteroatoms. The maximum Gasteiger partial charge on any atom is 0.261 e. The minimum atomic E-state index is -0.372. The number of nitrogens with one attached hydrogen (secondary N) is 1. The smallest absolute Gasteiger partial charge is 0.261 e. The van der Waals surface area contributed by atoms with Gasteiger partial charge in [0, 0.05) is 37.6 Å². The molecule has 1 aromatic heterocycles. The number of rotatable bonds is 9. The Morgan fingerprint density at radius 2 is 2.27 bits per heavy atom. The van der Waals surface area contributed by atoms with Gasteiger partial charge < -0.3 is 14.8 Å². The first-order valence-electron chi connectivity index (χ1n) is 8.02. The van der Waals surface area contributed by atoms with Crippen LogP contribution in [0, 0.1) is 0 Å². The van der Waals surface area contributed by atoms with Crippen molar-refractivity contribution in [2.75, 3.05) is 25.6 Å². The molecule has 0 unspecified atom stereocenters. The van der Waals surface area contributed by atoms with E-state index in [2.05, 4.69) is 22.0 Å². The number of benzene rings is 1. The predicted molar refractivity (Wildman–Crippen MR) is 104 cm³/mol. The summed E-state index contributed by atoms with van der Waals surface area (Å²) in [5.74, 6) is 0.544. The predicted octanol–water partition coefficient (Wildman–Crippen LogP) is 4.03. The lowest BCUT2D eigenvalue weighted by Gasteiger charge is -2.13. The van der Waals surface area contributed by atoms with Crippen LogP contribution in [0.5, 0.6) is 5.75 Å². The molecule has 0 fully saturated rings. The van der Waals surface area contributed by atoms with Gasteiger partial charge in [0.25, 0.3) is 5.91 Å². The lowest BCUT2D eigenvalue weighted by atomic mass is 10.2. The summed E-state index contributed by atoms with van der Waals surface area (Å²) in [6, 6.07) is 5.04. The molecule has 0 atom stereocenters. The van der Waals surface area contributed by atoms with E-state index in [-0.39, 0.29) is 5.91 Å². The molecule has 1 aromatic carbocycles. The highest BCUT2D eigenvalue weighted by Gasteiger charge is 2.18. The third kappa shape index (κ3) is 4.93. The number of amides is 1. The van der Waals surface area contributed by atoms with Crippen LogP contribution >= 0.6 is 11.6 Å². The van der Waals surface area contributed by atoms with Crippen LogP contribution in [0.25, 0.3) is 6.20 Å². The quantitative estimate of drug-likeness (QED) is 0.529. The molecular formula is C18H21ClN4O3. The number of anilines is 1. The summed E-state index contributed by atoms with van der Waals surface area (Å²) in [5.41, 5.74) is 0.783. The van der Waals surface area contributed by atoms with Crippen molar-refractivity contribution in [1.82, 2.24) is 9.78 Å². The number of carbonyl (C=O) groups is 1. The van der Waals surface area contributed by atoms with Gasteiger partial charge in [-0.15, -0.1) is 0 Å². The van der Waals surface area contributed by atoms with E-state index >= 15 is 0 Å². The SMILES string of the molecule is C=Cn1ncc(C(=O)Nc2cc(Cl)ccc2OCCCOC)c1N=CC. The second-order valence-corrected chi connectivity index (χ2v) is 5.62. The molecular weight excluding hydrogens is 356 g/mol. The van der Waals surface area contributed by atoms with Crippen LogP contribution in [-0.2, 0) is 4.74 Å². The highest BCUT2D eigenvalue weighted by Crippen LogP contribution is 2.29. The van der Waals surface area contributed by atoms with Crippen LogP contribution in [0.15, 0.2) is 36.0 Å². The maximum atomic E-state index is 12.7. The molecule has 2 rings (SSSR count). The zero-order valence-electron chi connectivity index (χ0n) is 14.7. The lowest BCUT2D eigenvalue weighted by Crippen LogP contribution is -2.13. The molecule has 0 radical (unpaired) electrons. The minimum Gasteiger partial charge on any atom is -0.491 e. The van der Waals surface area contributed by atoms with Gasteiger partial charge in [-0.2, -0.15) is 5.10 Å². The Morgan fingerprint density at radius 1 is 1.46 bits per heavy atom. The number of methoxy groups -OCH3 is 1. The van der Waals surface area contributed by atoms with Gasteiger partial charge in [0.15, 0.2) is 5.82 Å². The van der Waals surface area contributed by atoms with Crippen LogP contribution in [-0.4, -0.2) is 42.2 Å². The van der Waals surface area contributed by atoms with Crippen LogP contribution in [0.3, 0.4) is 0 Å². The fourth-order valence-electron chi connectivity index (χ4n) is 2.20. The molecule has 1 N–H and O–H groups in total. The Hall–Kier alpha value is -2.64.